The molecule has 2 aromatic carbocycles. The van der Waals surface area contributed by atoms with Gasteiger partial charge in [0.05, 0.1) is 11.3 Å². The molecule has 0 aliphatic heterocycles. The molecule has 0 atom stereocenters. The van der Waals surface area contributed by atoms with Gasteiger partial charge in [0, 0.05) is 18.0 Å². The third kappa shape index (κ3) is 3.85. The summed E-state index contributed by atoms with van der Waals surface area (Å²) in [6.45, 7) is 0. The van der Waals surface area contributed by atoms with Crippen molar-refractivity contribution in [1.29, 1.82) is 0 Å². The summed E-state index contributed by atoms with van der Waals surface area (Å²) in [5, 5.41) is 2.33. The fraction of sp³-hybridized carbons (Fsp3) is 0.0526. The first-order chi connectivity index (χ1) is 11.9. The second kappa shape index (κ2) is 6.76. The van der Waals surface area contributed by atoms with Gasteiger partial charge in [-0.2, -0.15) is 13.2 Å². The van der Waals surface area contributed by atoms with Crippen LogP contribution in [0, 0.1) is 0 Å². The topological polar surface area (TPSA) is 42.0 Å². The van der Waals surface area contributed by atoms with Crippen LogP contribution in [0.4, 0.5) is 18.9 Å². The first-order valence-corrected chi connectivity index (χ1v) is 7.43. The molecule has 6 heteroatoms. The summed E-state index contributed by atoms with van der Waals surface area (Å²) in [4.78, 5) is 15.9. The zero-order chi connectivity index (χ0) is 17.9. The number of anilines is 1. The van der Waals surface area contributed by atoms with Gasteiger partial charge in [0.25, 0.3) is 5.91 Å². The van der Waals surface area contributed by atoms with Crippen molar-refractivity contribution in [1.82, 2.24) is 4.98 Å². The van der Waals surface area contributed by atoms with Gasteiger partial charge in [-0.1, -0.05) is 36.4 Å². The van der Waals surface area contributed by atoms with Crippen LogP contribution >= 0.6 is 0 Å². The first-order valence-electron chi connectivity index (χ1n) is 7.43. The summed E-state index contributed by atoms with van der Waals surface area (Å²) in [6.07, 6.45) is -1.79. The molecule has 0 saturated carbocycles. The second-order valence-electron chi connectivity index (χ2n) is 5.31. The minimum atomic E-state index is -4.59. The Bertz CT molecular complexity index is 878. The number of alkyl halides is 3. The van der Waals surface area contributed by atoms with E-state index in [1.807, 2.05) is 0 Å². The van der Waals surface area contributed by atoms with E-state index in [4.69, 9.17) is 0 Å². The van der Waals surface area contributed by atoms with Crippen LogP contribution in [0.2, 0.25) is 0 Å². The zero-order valence-corrected chi connectivity index (χ0v) is 12.9. The number of nitrogens with one attached hydrogen (secondary N) is 1. The number of benzene rings is 2. The SMILES string of the molecule is O=C(Nc1ccc(-c2ccccc2)cc1C(F)(F)F)c1ccncc1. The van der Waals surface area contributed by atoms with Crippen LogP contribution in [0.5, 0.6) is 0 Å². The van der Waals surface area contributed by atoms with Crippen molar-refractivity contribution < 1.29 is 18.0 Å². The largest absolute Gasteiger partial charge is 0.418 e. The Labute approximate surface area is 142 Å². The van der Waals surface area contributed by atoms with E-state index in [9.17, 15) is 18.0 Å². The highest BCUT2D eigenvalue weighted by molar-refractivity contribution is 6.04. The number of hydrogen-bond donors (Lipinski definition) is 1. The lowest BCUT2D eigenvalue weighted by atomic mass is 10.0. The molecule has 0 aliphatic rings. The molecule has 0 bridgehead atoms. The number of nitrogens with zero attached hydrogens (tertiary/aromatic N) is 1. The highest BCUT2D eigenvalue weighted by Crippen LogP contribution is 2.37. The van der Waals surface area contributed by atoms with E-state index in [-0.39, 0.29) is 11.3 Å². The Morgan fingerprint density at radius 1 is 0.880 bits per heavy atom. The zero-order valence-electron chi connectivity index (χ0n) is 12.9. The third-order valence-electron chi connectivity index (χ3n) is 3.62. The lowest BCUT2D eigenvalue weighted by molar-refractivity contribution is -0.136. The summed E-state index contributed by atoms with van der Waals surface area (Å²) in [5.41, 5.74) is 0.148. The molecule has 1 aromatic heterocycles. The summed E-state index contributed by atoms with van der Waals surface area (Å²) in [7, 11) is 0. The average molecular weight is 342 g/mol. The van der Waals surface area contributed by atoms with E-state index in [1.165, 1.54) is 30.6 Å². The fourth-order valence-corrected chi connectivity index (χ4v) is 2.40. The highest BCUT2D eigenvalue weighted by Gasteiger charge is 2.34. The van der Waals surface area contributed by atoms with E-state index < -0.39 is 17.6 Å². The molecule has 1 N–H and O–H groups in total. The van der Waals surface area contributed by atoms with Crippen molar-refractivity contribution in [3.8, 4) is 11.1 Å². The molecule has 0 spiro atoms. The van der Waals surface area contributed by atoms with Crippen LogP contribution < -0.4 is 5.32 Å². The van der Waals surface area contributed by atoms with Crippen LogP contribution in [-0.2, 0) is 6.18 Å². The van der Waals surface area contributed by atoms with Crippen molar-refractivity contribution in [3.05, 3.63) is 84.2 Å². The summed E-state index contributed by atoms with van der Waals surface area (Å²) < 4.78 is 40.3. The number of carbonyl (C=O) groups is 1. The van der Waals surface area contributed by atoms with Crippen LogP contribution in [-0.4, -0.2) is 10.9 Å². The maximum absolute atomic E-state index is 13.4. The van der Waals surface area contributed by atoms with Crippen molar-refractivity contribution in [3.63, 3.8) is 0 Å². The Kier molecular flexibility index (Phi) is 4.52. The first kappa shape index (κ1) is 16.7. The van der Waals surface area contributed by atoms with Gasteiger partial charge in [0.15, 0.2) is 0 Å². The Hall–Kier alpha value is -3.15. The standard InChI is InChI=1S/C19H13F3N2O/c20-19(21,22)16-12-15(13-4-2-1-3-5-13)6-7-17(16)24-18(25)14-8-10-23-11-9-14/h1-12H,(H,24,25). The van der Waals surface area contributed by atoms with Gasteiger partial charge < -0.3 is 5.32 Å². The molecule has 3 aromatic rings. The smallest absolute Gasteiger partial charge is 0.321 e. The molecule has 3 nitrogen and oxygen atoms in total. The molecule has 126 valence electrons. The van der Waals surface area contributed by atoms with Gasteiger partial charge in [0.2, 0.25) is 0 Å². The van der Waals surface area contributed by atoms with Crippen LogP contribution in [0.25, 0.3) is 11.1 Å². The number of pyridine rings is 1. The van der Waals surface area contributed by atoms with Gasteiger partial charge in [-0.05, 0) is 35.4 Å². The number of amides is 1. The number of carbonyl (C=O) groups excluding carboxylic acids is 1. The van der Waals surface area contributed by atoms with Crippen molar-refractivity contribution in [2.45, 2.75) is 6.18 Å². The molecule has 0 unspecified atom stereocenters. The Balaban J connectivity index is 1.98. The maximum atomic E-state index is 13.4. The third-order valence-corrected chi connectivity index (χ3v) is 3.62. The molecule has 25 heavy (non-hydrogen) atoms. The average Bonchev–Trinajstić information content (AvgIpc) is 2.62. The van der Waals surface area contributed by atoms with Gasteiger partial charge in [-0.25, -0.2) is 0 Å². The van der Waals surface area contributed by atoms with Crippen molar-refractivity contribution in [2.24, 2.45) is 0 Å². The van der Waals surface area contributed by atoms with Gasteiger partial charge >= 0.3 is 6.18 Å². The van der Waals surface area contributed by atoms with E-state index in [0.29, 0.717) is 11.1 Å². The number of hydrogen-bond acceptors (Lipinski definition) is 2. The highest BCUT2D eigenvalue weighted by atomic mass is 19.4. The number of rotatable bonds is 3. The van der Waals surface area contributed by atoms with Crippen LogP contribution in [0.15, 0.2) is 73.1 Å². The van der Waals surface area contributed by atoms with Crippen molar-refractivity contribution >= 4 is 11.6 Å². The lowest BCUT2D eigenvalue weighted by Gasteiger charge is -2.15. The van der Waals surface area contributed by atoms with Crippen molar-refractivity contribution in [2.75, 3.05) is 5.32 Å². The Morgan fingerprint density at radius 3 is 2.20 bits per heavy atom. The van der Waals surface area contributed by atoms with Crippen LogP contribution in [0.1, 0.15) is 15.9 Å². The molecule has 0 aliphatic carbocycles. The van der Waals surface area contributed by atoms with E-state index in [0.717, 1.165) is 6.07 Å². The maximum Gasteiger partial charge on any atom is 0.418 e. The molecular weight excluding hydrogens is 329 g/mol. The fourth-order valence-electron chi connectivity index (χ4n) is 2.40. The quantitative estimate of drug-likeness (QED) is 0.726. The van der Waals surface area contributed by atoms with E-state index in [1.54, 1.807) is 36.4 Å². The van der Waals surface area contributed by atoms with E-state index in [2.05, 4.69) is 10.3 Å². The van der Waals surface area contributed by atoms with Gasteiger partial charge in [0.1, 0.15) is 0 Å². The molecule has 0 fully saturated rings. The predicted molar refractivity (Wildman–Crippen MR) is 89.1 cm³/mol. The lowest BCUT2D eigenvalue weighted by Crippen LogP contribution is -2.16. The molecule has 0 saturated heterocycles. The minimum absolute atomic E-state index is 0.232. The van der Waals surface area contributed by atoms with E-state index >= 15 is 0 Å². The van der Waals surface area contributed by atoms with Gasteiger partial charge in [-0.15, -0.1) is 0 Å². The van der Waals surface area contributed by atoms with Gasteiger partial charge in [-0.3, -0.25) is 9.78 Å². The summed E-state index contributed by atoms with van der Waals surface area (Å²) in [5.74, 6) is -0.625. The summed E-state index contributed by atoms with van der Waals surface area (Å²) in [6, 6.07) is 15.5. The predicted octanol–water partition coefficient (Wildman–Crippen LogP) is 5.02. The minimum Gasteiger partial charge on any atom is -0.321 e. The summed E-state index contributed by atoms with van der Waals surface area (Å²) >= 11 is 0. The molecule has 1 amide bonds. The molecule has 3 rings (SSSR count). The molecule has 1 heterocycles. The Morgan fingerprint density at radius 2 is 1.56 bits per heavy atom. The number of aromatic nitrogens is 1. The molecular formula is C19H13F3N2O. The van der Waals surface area contributed by atoms with Crippen LogP contribution in [0.3, 0.4) is 0 Å². The number of halogens is 3. The molecule has 0 radical (unpaired) electrons. The second-order valence-corrected chi connectivity index (χ2v) is 5.31. The monoisotopic (exact) mass is 342 g/mol. The normalized spacial score (nSPS) is 11.2.